The summed E-state index contributed by atoms with van der Waals surface area (Å²) in [5.74, 6) is -0.0138. The minimum absolute atomic E-state index is 0.138. The van der Waals surface area contributed by atoms with Gasteiger partial charge in [0.05, 0.1) is 29.9 Å². The van der Waals surface area contributed by atoms with Gasteiger partial charge in [-0.15, -0.1) is 16.4 Å². The third kappa shape index (κ3) is 5.76. The van der Waals surface area contributed by atoms with Crippen LogP contribution in [0.1, 0.15) is 30.3 Å². The monoisotopic (exact) mass is 528 g/mol. The predicted molar refractivity (Wildman–Crippen MR) is 132 cm³/mol. The van der Waals surface area contributed by atoms with E-state index in [1.165, 1.54) is 16.9 Å². The Bertz CT molecular complexity index is 1420. The molecule has 4 aromatic rings. The van der Waals surface area contributed by atoms with E-state index in [9.17, 15) is 18.4 Å². The molecule has 0 unspecified atom stereocenters. The molecule has 0 bridgehead atoms. The molecule has 3 aromatic heterocycles. The van der Waals surface area contributed by atoms with E-state index in [0.717, 1.165) is 21.8 Å². The molecule has 13 heteroatoms. The van der Waals surface area contributed by atoms with Gasteiger partial charge in [-0.2, -0.15) is 0 Å². The van der Waals surface area contributed by atoms with E-state index in [0.29, 0.717) is 17.1 Å². The van der Waals surface area contributed by atoms with Crippen LogP contribution in [0.5, 0.6) is 5.75 Å². The highest BCUT2D eigenvalue weighted by molar-refractivity contribution is 7.91. The van der Waals surface area contributed by atoms with Gasteiger partial charge < -0.3 is 4.74 Å². The topological polar surface area (TPSA) is 148 Å². The number of hydroxylamine groups is 1. The van der Waals surface area contributed by atoms with Gasteiger partial charge in [0.15, 0.2) is 0 Å². The second kappa shape index (κ2) is 11.0. The number of methoxy groups -OCH3 is 1. The molecule has 0 aliphatic rings. The number of hydrogen-bond acceptors (Lipinski definition) is 9. The Kier molecular flexibility index (Phi) is 7.74. The number of sulfonamides is 1. The van der Waals surface area contributed by atoms with Crippen LogP contribution in [0.3, 0.4) is 0 Å². The number of aromatic nitrogens is 4. The van der Waals surface area contributed by atoms with Crippen molar-refractivity contribution in [3.8, 4) is 16.3 Å². The number of nitrogens with zero attached hydrogens (tertiary/aromatic N) is 4. The molecular formula is C23H24N6O5S2. The Labute approximate surface area is 211 Å². The quantitative estimate of drug-likeness (QED) is 0.210. The number of hydrogen-bond donors (Lipinski definition) is 3. The Balaban J connectivity index is 1.49. The lowest BCUT2D eigenvalue weighted by atomic mass is 10.1. The number of amides is 1. The Morgan fingerprint density at radius 1 is 1.17 bits per heavy atom. The molecule has 0 aliphatic heterocycles. The summed E-state index contributed by atoms with van der Waals surface area (Å²) in [4.78, 5) is 17.3. The van der Waals surface area contributed by atoms with Gasteiger partial charge in [0.25, 0.3) is 15.9 Å². The summed E-state index contributed by atoms with van der Waals surface area (Å²) in [5, 5.41) is 17.3. The average Bonchev–Trinajstić information content (AvgIpc) is 3.59. The van der Waals surface area contributed by atoms with Gasteiger partial charge in [0.1, 0.15) is 21.7 Å². The lowest BCUT2D eigenvalue weighted by Gasteiger charge is -2.15. The summed E-state index contributed by atoms with van der Waals surface area (Å²) >= 11 is 1.11. The second-order valence-electron chi connectivity index (χ2n) is 7.84. The molecule has 188 valence electrons. The number of nitrogens with one attached hydrogen (secondary N) is 2. The standard InChI is InChI=1S/C23H24N6O5S2/c1-15(27-36(32,33)22-11-10-21(35-22)18-5-3-4-12-24-18)19-14-29(28-25-19)20(23(30)26-31)13-16-6-8-17(34-2)9-7-16/h3-12,14-15,20,27,31H,13H2,1-2H3,(H,26,30)/t15-,20-/m0/s1. The van der Waals surface area contributed by atoms with Gasteiger partial charge in [0.2, 0.25) is 0 Å². The van der Waals surface area contributed by atoms with E-state index in [1.807, 2.05) is 12.1 Å². The van der Waals surface area contributed by atoms with Gasteiger partial charge in [-0.25, -0.2) is 23.3 Å². The van der Waals surface area contributed by atoms with Crippen molar-refractivity contribution in [3.05, 3.63) is 78.2 Å². The van der Waals surface area contributed by atoms with E-state index in [2.05, 4.69) is 20.0 Å². The molecular weight excluding hydrogens is 504 g/mol. The van der Waals surface area contributed by atoms with E-state index in [4.69, 9.17) is 4.74 Å². The molecule has 2 atom stereocenters. The fourth-order valence-corrected chi connectivity index (χ4v) is 5.99. The zero-order chi connectivity index (χ0) is 25.7. The lowest BCUT2D eigenvalue weighted by Crippen LogP contribution is -2.32. The number of pyridine rings is 1. The fraction of sp³-hybridized carbons (Fsp3) is 0.217. The molecule has 1 amide bonds. The van der Waals surface area contributed by atoms with E-state index in [-0.39, 0.29) is 10.6 Å². The summed E-state index contributed by atoms with van der Waals surface area (Å²) in [5.41, 5.74) is 3.45. The lowest BCUT2D eigenvalue weighted by molar-refractivity contribution is -0.133. The molecule has 0 radical (unpaired) electrons. The molecule has 11 nitrogen and oxygen atoms in total. The van der Waals surface area contributed by atoms with Crippen molar-refractivity contribution in [2.75, 3.05) is 7.11 Å². The van der Waals surface area contributed by atoms with Crippen molar-refractivity contribution >= 4 is 27.3 Å². The van der Waals surface area contributed by atoms with Crippen molar-refractivity contribution < 1.29 is 23.2 Å². The van der Waals surface area contributed by atoms with Crippen LogP contribution < -0.4 is 14.9 Å². The third-order valence-corrected chi connectivity index (χ3v) is 8.53. The maximum absolute atomic E-state index is 13.0. The van der Waals surface area contributed by atoms with Crippen LogP contribution in [0.4, 0.5) is 0 Å². The SMILES string of the molecule is COc1ccc(C[C@@H](C(=O)NO)n2cc([C@H](C)NS(=O)(=O)c3ccc(-c4ccccn4)s3)nn2)cc1. The van der Waals surface area contributed by atoms with Crippen LogP contribution in [-0.4, -0.2) is 46.6 Å². The third-order valence-electron chi connectivity index (χ3n) is 5.39. The van der Waals surface area contributed by atoms with Gasteiger partial charge in [-0.3, -0.25) is 15.0 Å². The van der Waals surface area contributed by atoms with Crippen LogP contribution in [0.25, 0.3) is 10.6 Å². The summed E-state index contributed by atoms with van der Waals surface area (Å²) in [7, 11) is -2.29. The summed E-state index contributed by atoms with van der Waals surface area (Å²) in [6.07, 6.45) is 3.33. The Morgan fingerprint density at radius 2 is 1.94 bits per heavy atom. The maximum atomic E-state index is 13.0. The van der Waals surface area contributed by atoms with Gasteiger partial charge in [-0.05, 0) is 48.9 Å². The van der Waals surface area contributed by atoms with Crippen LogP contribution in [-0.2, 0) is 21.2 Å². The molecule has 0 spiro atoms. The highest BCUT2D eigenvalue weighted by Crippen LogP contribution is 2.30. The van der Waals surface area contributed by atoms with Gasteiger partial charge >= 0.3 is 0 Å². The molecule has 0 saturated heterocycles. The normalized spacial score (nSPS) is 13.2. The van der Waals surface area contributed by atoms with Crippen LogP contribution >= 0.6 is 11.3 Å². The van der Waals surface area contributed by atoms with Crippen molar-refractivity contribution in [1.29, 1.82) is 0 Å². The second-order valence-corrected chi connectivity index (χ2v) is 10.9. The Morgan fingerprint density at radius 3 is 2.61 bits per heavy atom. The van der Waals surface area contributed by atoms with Crippen molar-refractivity contribution in [2.24, 2.45) is 0 Å². The fourth-order valence-electron chi connectivity index (χ4n) is 3.47. The summed E-state index contributed by atoms with van der Waals surface area (Å²) in [6.45, 7) is 1.63. The minimum Gasteiger partial charge on any atom is -0.497 e. The largest absolute Gasteiger partial charge is 0.497 e. The smallest absolute Gasteiger partial charge is 0.268 e. The minimum atomic E-state index is -3.85. The predicted octanol–water partition coefficient (Wildman–Crippen LogP) is 2.74. The van der Waals surface area contributed by atoms with E-state index < -0.39 is 28.0 Å². The molecule has 1 aromatic carbocycles. The first kappa shape index (κ1) is 25.4. The number of thiophene rings is 1. The number of benzene rings is 1. The number of carbonyl (C=O) groups is 1. The highest BCUT2D eigenvalue weighted by Gasteiger charge is 2.26. The number of ether oxygens (including phenoxy) is 1. The summed E-state index contributed by atoms with van der Waals surface area (Å²) < 4.78 is 35.1. The zero-order valence-corrected chi connectivity index (χ0v) is 21.0. The van der Waals surface area contributed by atoms with Crippen molar-refractivity contribution in [1.82, 2.24) is 30.2 Å². The van der Waals surface area contributed by atoms with Crippen molar-refractivity contribution in [3.63, 3.8) is 0 Å². The zero-order valence-electron chi connectivity index (χ0n) is 19.4. The Hall–Kier alpha value is -3.65. The molecule has 3 N–H and O–H groups in total. The first-order valence-corrected chi connectivity index (χ1v) is 13.1. The highest BCUT2D eigenvalue weighted by atomic mass is 32.2. The van der Waals surface area contributed by atoms with Crippen LogP contribution in [0.15, 0.2) is 71.2 Å². The number of carbonyl (C=O) groups excluding carboxylic acids is 1. The molecule has 3 heterocycles. The first-order valence-electron chi connectivity index (χ1n) is 10.8. The average molecular weight is 529 g/mol. The molecule has 0 saturated carbocycles. The summed E-state index contributed by atoms with van der Waals surface area (Å²) in [6, 6.07) is 14.1. The maximum Gasteiger partial charge on any atom is 0.268 e. The number of rotatable bonds is 10. The molecule has 0 fully saturated rings. The van der Waals surface area contributed by atoms with E-state index >= 15 is 0 Å². The van der Waals surface area contributed by atoms with Gasteiger partial charge in [0, 0.05) is 12.6 Å². The molecule has 4 rings (SSSR count). The van der Waals surface area contributed by atoms with Gasteiger partial charge in [-0.1, -0.05) is 23.4 Å². The van der Waals surface area contributed by atoms with Crippen molar-refractivity contribution in [2.45, 2.75) is 29.6 Å². The molecule has 0 aliphatic carbocycles. The first-order chi connectivity index (χ1) is 17.3. The van der Waals surface area contributed by atoms with Crippen LogP contribution in [0.2, 0.25) is 0 Å². The van der Waals surface area contributed by atoms with E-state index in [1.54, 1.807) is 62.1 Å². The van der Waals surface area contributed by atoms with Crippen LogP contribution in [0, 0.1) is 0 Å². The molecule has 36 heavy (non-hydrogen) atoms.